The third-order valence-corrected chi connectivity index (χ3v) is 6.07. The quantitative estimate of drug-likeness (QED) is 0.274. The number of carboxylic acids is 1. The van der Waals surface area contributed by atoms with Gasteiger partial charge in [-0.25, -0.2) is 4.98 Å². The van der Waals surface area contributed by atoms with Crippen molar-refractivity contribution >= 4 is 46.0 Å². The smallest absolute Gasteiger partial charge is 0.416 e. The summed E-state index contributed by atoms with van der Waals surface area (Å²) in [4.78, 5) is 40.0. The average Bonchev–Trinajstić information content (AvgIpc) is 2.87. The number of carboxylic acid groups (broad SMARTS) is 1. The number of aliphatic carboxylic acids is 1. The molecule has 2 N–H and O–H groups in total. The number of nitrogens with zero attached hydrogens (tertiary/aromatic N) is 2. The molecule has 0 saturated carbocycles. The van der Waals surface area contributed by atoms with Gasteiger partial charge in [-0.2, -0.15) is 13.2 Å². The number of nitrogens with one attached hydrogen (secondary N) is 1. The van der Waals surface area contributed by atoms with Crippen LogP contribution in [0, 0.1) is 0 Å². The van der Waals surface area contributed by atoms with E-state index in [0.717, 1.165) is 12.1 Å². The number of fused-ring (bicyclic) bond motifs is 1. The Morgan fingerprint density at radius 1 is 1.05 bits per heavy atom. The van der Waals surface area contributed by atoms with Crippen molar-refractivity contribution < 1.29 is 32.6 Å². The Balaban J connectivity index is 1.54. The molecule has 8 nitrogen and oxygen atoms in total. The number of alkyl halides is 3. The van der Waals surface area contributed by atoms with E-state index in [1.54, 1.807) is 0 Å². The summed E-state index contributed by atoms with van der Waals surface area (Å²) < 4.78 is 46.0. The van der Waals surface area contributed by atoms with Crippen LogP contribution in [0.2, 0.25) is 10.0 Å². The van der Waals surface area contributed by atoms with Crippen LogP contribution in [0.4, 0.5) is 13.2 Å². The molecule has 0 saturated heterocycles. The van der Waals surface area contributed by atoms with Crippen LogP contribution in [0.3, 0.4) is 0 Å². The minimum absolute atomic E-state index is 0.00967. The molecule has 39 heavy (non-hydrogen) atoms. The van der Waals surface area contributed by atoms with Crippen LogP contribution in [-0.2, 0) is 17.5 Å². The molecular weight excluding hydrogens is 562 g/mol. The number of halogens is 5. The third kappa shape index (κ3) is 6.68. The molecule has 0 fully saturated rings. The van der Waals surface area contributed by atoms with Crippen molar-refractivity contribution in [3.8, 4) is 11.5 Å². The number of hydrogen-bond donors (Lipinski definition) is 2. The lowest BCUT2D eigenvalue weighted by molar-refractivity contribution is -0.138. The second-order valence-electron chi connectivity index (χ2n) is 8.33. The van der Waals surface area contributed by atoms with Gasteiger partial charge in [0.15, 0.2) is 5.75 Å². The lowest BCUT2D eigenvalue weighted by Crippen LogP contribution is -2.26. The monoisotopic (exact) mass is 579 g/mol. The first-order valence-electron chi connectivity index (χ1n) is 11.2. The maximum atomic E-state index is 13.0. The molecule has 0 aliphatic rings. The minimum atomic E-state index is -4.50. The summed E-state index contributed by atoms with van der Waals surface area (Å²) in [5.74, 6) is -1.36. The van der Waals surface area contributed by atoms with Crippen molar-refractivity contribution in [3.63, 3.8) is 0 Å². The number of benzene rings is 3. The minimum Gasteiger partial charge on any atom is -0.481 e. The Morgan fingerprint density at radius 2 is 1.77 bits per heavy atom. The Bertz CT molecular complexity index is 1620. The highest BCUT2D eigenvalue weighted by Crippen LogP contribution is 2.38. The van der Waals surface area contributed by atoms with Gasteiger partial charge in [0.25, 0.3) is 11.5 Å². The van der Waals surface area contributed by atoms with E-state index in [9.17, 15) is 27.6 Å². The van der Waals surface area contributed by atoms with Crippen LogP contribution in [-0.4, -0.2) is 33.1 Å². The maximum absolute atomic E-state index is 13.0. The highest BCUT2D eigenvalue weighted by atomic mass is 35.5. The standard InChI is InChI=1S/C26H18Cl2F3N3O5/c27-19-9-15(24(37)32-7-6-22(35)36)10-20(28)23(19)39-17-4-5-18-21(11-17)33-13-34(25(18)38)12-14-2-1-3-16(8-14)26(29,30)31/h1-5,8-11,13H,6-7,12H2,(H,32,37)(H,35,36). The van der Waals surface area contributed by atoms with E-state index in [2.05, 4.69) is 10.3 Å². The first-order chi connectivity index (χ1) is 18.4. The van der Waals surface area contributed by atoms with Gasteiger partial charge in [0.2, 0.25) is 0 Å². The molecule has 0 aliphatic heterocycles. The Hall–Kier alpha value is -4.09. The molecule has 1 heterocycles. The van der Waals surface area contributed by atoms with Gasteiger partial charge >= 0.3 is 12.1 Å². The lowest BCUT2D eigenvalue weighted by Gasteiger charge is -2.13. The first-order valence-corrected chi connectivity index (χ1v) is 12.0. The molecule has 0 radical (unpaired) electrons. The zero-order valence-electron chi connectivity index (χ0n) is 19.8. The van der Waals surface area contributed by atoms with E-state index in [-0.39, 0.29) is 63.1 Å². The topological polar surface area (TPSA) is 111 Å². The predicted octanol–water partition coefficient (Wildman–Crippen LogP) is 5.77. The molecule has 0 bridgehead atoms. The number of aromatic nitrogens is 2. The zero-order valence-corrected chi connectivity index (χ0v) is 21.3. The van der Waals surface area contributed by atoms with E-state index in [1.165, 1.54) is 53.4 Å². The number of carbonyl (C=O) groups excluding carboxylic acids is 1. The van der Waals surface area contributed by atoms with Crippen LogP contribution in [0.5, 0.6) is 11.5 Å². The van der Waals surface area contributed by atoms with Gasteiger partial charge in [0.1, 0.15) is 5.75 Å². The summed E-state index contributed by atoms with van der Waals surface area (Å²) in [6.07, 6.45) is -3.52. The molecule has 13 heteroatoms. The molecule has 4 aromatic rings. The van der Waals surface area contributed by atoms with Gasteiger partial charge in [-0.05, 0) is 42.0 Å². The van der Waals surface area contributed by atoms with Gasteiger partial charge in [-0.15, -0.1) is 0 Å². The fourth-order valence-electron chi connectivity index (χ4n) is 3.65. The first kappa shape index (κ1) is 27.9. The number of amides is 1. The van der Waals surface area contributed by atoms with Crippen molar-refractivity contribution in [2.75, 3.05) is 6.54 Å². The fraction of sp³-hybridized carbons (Fsp3) is 0.154. The molecule has 3 aromatic carbocycles. The van der Waals surface area contributed by atoms with Gasteiger partial charge in [-0.1, -0.05) is 35.3 Å². The van der Waals surface area contributed by atoms with Gasteiger partial charge in [-0.3, -0.25) is 19.0 Å². The predicted molar refractivity (Wildman–Crippen MR) is 138 cm³/mol. The number of carbonyl (C=O) groups is 2. The van der Waals surface area contributed by atoms with Crippen molar-refractivity contribution in [1.29, 1.82) is 0 Å². The second-order valence-corrected chi connectivity index (χ2v) is 9.14. The summed E-state index contributed by atoms with van der Waals surface area (Å²) in [7, 11) is 0. The maximum Gasteiger partial charge on any atom is 0.416 e. The van der Waals surface area contributed by atoms with Gasteiger partial charge in [0.05, 0.1) is 45.8 Å². The van der Waals surface area contributed by atoms with Gasteiger partial charge < -0.3 is 15.2 Å². The Kier molecular flexibility index (Phi) is 8.12. The van der Waals surface area contributed by atoms with E-state index < -0.39 is 29.2 Å². The fourth-order valence-corrected chi connectivity index (χ4v) is 4.21. The van der Waals surface area contributed by atoms with Crippen molar-refractivity contribution in [2.24, 2.45) is 0 Å². The van der Waals surface area contributed by atoms with Gasteiger partial charge in [0, 0.05) is 18.2 Å². The summed E-state index contributed by atoms with van der Waals surface area (Å²) >= 11 is 12.5. The molecule has 0 aliphatic carbocycles. The van der Waals surface area contributed by atoms with E-state index in [0.29, 0.717) is 0 Å². The molecule has 4 rings (SSSR count). The molecule has 202 valence electrons. The van der Waals surface area contributed by atoms with E-state index in [1.807, 2.05) is 0 Å². The van der Waals surface area contributed by atoms with Crippen molar-refractivity contribution in [1.82, 2.24) is 14.9 Å². The number of ether oxygens (including phenoxy) is 1. The normalized spacial score (nSPS) is 11.4. The summed E-state index contributed by atoms with van der Waals surface area (Å²) in [5, 5.41) is 11.4. The third-order valence-electron chi connectivity index (χ3n) is 5.51. The molecule has 0 atom stereocenters. The van der Waals surface area contributed by atoms with Crippen LogP contribution >= 0.6 is 23.2 Å². The second kappa shape index (κ2) is 11.3. The number of rotatable bonds is 8. The highest BCUT2D eigenvalue weighted by Gasteiger charge is 2.30. The molecule has 1 aromatic heterocycles. The Labute approximate surface area is 228 Å². The summed E-state index contributed by atoms with van der Waals surface area (Å²) in [5.41, 5.74) is -0.619. The summed E-state index contributed by atoms with van der Waals surface area (Å²) in [6.45, 7) is -0.182. The van der Waals surface area contributed by atoms with Crippen molar-refractivity contribution in [3.05, 3.63) is 98.0 Å². The molecule has 1 amide bonds. The zero-order chi connectivity index (χ0) is 28.3. The van der Waals surface area contributed by atoms with Crippen LogP contribution < -0.4 is 15.6 Å². The van der Waals surface area contributed by atoms with E-state index in [4.69, 9.17) is 33.0 Å². The Morgan fingerprint density at radius 3 is 2.44 bits per heavy atom. The van der Waals surface area contributed by atoms with Crippen LogP contribution in [0.25, 0.3) is 10.9 Å². The van der Waals surface area contributed by atoms with Crippen molar-refractivity contribution in [2.45, 2.75) is 19.1 Å². The SMILES string of the molecule is O=C(O)CCNC(=O)c1cc(Cl)c(Oc2ccc3c(=O)n(Cc4cccc(C(F)(F)F)c4)cnc3c2)c(Cl)c1. The average molecular weight is 580 g/mol. The number of hydrogen-bond acceptors (Lipinski definition) is 5. The van der Waals surface area contributed by atoms with Crippen LogP contribution in [0.1, 0.15) is 27.9 Å². The molecular formula is C26H18Cl2F3N3O5. The summed E-state index contributed by atoms with van der Waals surface area (Å²) in [6, 6.07) is 11.7. The van der Waals surface area contributed by atoms with Crippen LogP contribution in [0.15, 0.2) is 65.7 Å². The molecule has 0 spiro atoms. The van der Waals surface area contributed by atoms with E-state index >= 15 is 0 Å². The highest BCUT2D eigenvalue weighted by molar-refractivity contribution is 6.37. The largest absolute Gasteiger partial charge is 0.481 e. The lowest BCUT2D eigenvalue weighted by atomic mass is 10.1. The molecule has 0 unspecified atom stereocenters.